The third-order valence-electron chi connectivity index (χ3n) is 5.52. The Hall–Kier alpha value is -3.19. The summed E-state index contributed by atoms with van der Waals surface area (Å²) >= 11 is 0. The maximum absolute atomic E-state index is 4.42. The highest BCUT2D eigenvalue weighted by Crippen LogP contribution is 2.50. The molecule has 0 N–H and O–H groups in total. The van der Waals surface area contributed by atoms with Crippen molar-refractivity contribution in [2.75, 3.05) is 0 Å². The van der Waals surface area contributed by atoms with Crippen molar-refractivity contribution in [1.29, 1.82) is 0 Å². The largest absolute Gasteiger partial charge is 0.264 e. The Morgan fingerprint density at radius 3 is 1.85 bits per heavy atom. The van der Waals surface area contributed by atoms with Gasteiger partial charge in [0.25, 0.3) is 0 Å². The molecule has 0 saturated carbocycles. The Morgan fingerprint density at radius 2 is 1.15 bits per heavy atom. The van der Waals surface area contributed by atoms with Crippen LogP contribution in [0.3, 0.4) is 0 Å². The van der Waals surface area contributed by atoms with Gasteiger partial charge in [-0.2, -0.15) is 0 Å². The highest BCUT2D eigenvalue weighted by Gasteiger charge is 2.43. The van der Waals surface area contributed by atoms with E-state index >= 15 is 0 Å². The number of benzene rings is 3. The van der Waals surface area contributed by atoms with Crippen LogP contribution < -0.4 is 0 Å². The van der Waals surface area contributed by atoms with Gasteiger partial charge in [-0.3, -0.25) is 4.98 Å². The fourth-order valence-electron chi connectivity index (χ4n) is 4.49. The lowest BCUT2D eigenvalue weighted by molar-refractivity contribution is 0.700. The van der Waals surface area contributed by atoms with Crippen LogP contribution in [-0.4, -0.2) is 4.98 Å². The topological polar surface area (TPSA) is 12.9 Å². The summed E-state index contributed by atoms with van der Waals surface area (Å²) in [5.74, 6) is 0. The molecule has 1 aliphatic rings. The molecule has 1 nitrogen and oxygen atoms in total. The maximum Gasteiger partial charge on any atom is 0.0708 e. The summed E-state index contributed by atoms with van der Waals surface area (Å²) in [5.41, 5.74) is 7.67. The molecule has 0 radical (unpaired) electrons. The van der Waals surface area contributed by atoms with Crippen molar-refractivity contribution in [3.63, 3.8) is 0 Å². The molecule has 0 fully saturated rings. The van der Waals surface area contributed by atoms with E-state index in [0.717, 1.165) is 6.42 Å². The Bertz CT molecular complexity index is 965. The smallest absolute Gasteiger partial charge is 0.0708 e. The van der Waals surface area contributed by atoms with E-state index in [1.54, 1.807) is 0 Å². The van der Waals surface area contributed by atoms with E-state index in [-0.39, 0.29) is 5.41 Å². The van der Waals surface area contributed by atoms with Crippen molar-refractivity contribution in [1.82, 2.24) is 4.98 Å². The van der Waals surface area contributed by atoms with Gasteiger partial charge in [0.05, 0.1) is 5.41 Å². The average Bonchev–Trinajstić information content (AvgIpc) is 2.73. The molecule has 0 aliphatic heterocycles. The second-order valence-electron chi connectivity index (χ2n) is 6.85. The highest BCUT2D eigenvalue weighted by molar-refractivity contribution is 5.66. The first-order valence-corrected chi connectivity index (χ1v) is 9.03. The van der Waals surface area contributed by atoms with Crippen molar-refractivity contribution in [3.8, 4) is 0 Å². The maximum atomic E-state index is 4.42. The van der Waals surface area contributed by atoms with Gasteiger partial charge >= 0.3 is 0 Å². The molecule has 26 heavy (non-hydrogen) atoms. The summed E-state index contributed by atoms with van der Waals surface area (Å²) < 4.78 is 0. The highest BCUT2D eigenvalue weighted by atomic mass is 14.6. The van der Waals surface area contributed by atoms with Crippen LogP contribution in [0.4, 0.5) is 0 Å². The minimum absolute atomic E-state index is 0.310. The lowest BCUT2D eigenvalue weighted by atomic mass is 9.60. The molecule has 3 aromatic carbocycles. The van der Waals surface area contributed by atoms with Crippen molar-refractivity contribution in [3.05, 3.63) is 137 Å². The van der Waals surface area contributed by atoms with Gasteiger partial charge in [-0.05, 0) is 45.9 Å². The first kappa shape index (κ1) is 15.1. The Kier molecular flexibility index (Phi) is 3.46. The second-order valence-corrected chi connectivity index (χ2v) is 6.85. The van der Waals surface area contributed by atoms with Gasteiger partial charge in [-0.1, -0.05) is 84.9 Å². The normalized spacial score (nSPS) is 14.3. The summed E-state index contributed by atoms with van der Waals surface area (Å²) in [4.78, 5) is 4.42. The molecule has 1 heterocycles. The quantitative estimate of drug-likeness (QED) is 0.423. The first-order chi connectivity index (χ1) is 12.9. The van der Waals surface area contributed by atoms with E-state index in [1.165, 1.54) is 33.4 Å². The number of hydrogen-bond donors (Lipinski definition) is 0. The summed E-state index contributed by atoms with van der Waals surface area (Å²) in [6.07, 6.45) is 4.89. The molecule has 1 aromatic heterocycles. The lowest BCUT2D eigenvalue weighted by Gasteiger charge is -2.42. The molecule has 0 spiro atoms. The zero-order chi connectivity index (χ0) is 17.4. The molecule has 1 heteroatoms. The minimum Gasteiger partial charge on any atom is -0.264 e. The van der Waals surface area contributed by atoms with Crippen LogP contribution in [0.2, 0.25) is 0 Å². The average molecular weight is 333 g/mol. The molecular weight excluding hydrogens is 314 g/mol. The number of pyridine rings is 1. The van der Waals surface area contributed by atoms with Gasteiger partial charge in [0.15, 0.2) is 0 Å². The van der Waals surface area contributed by atoms with Crippen LogP contribution in [0.25, 0.3) is 0 Å². The minimum atomic E-state index is -0.310. The molecule has 4 aromatic rings. The zero-order valence-electron chi connectivity index (χ0n) is 14.5. The molecule has 0 bridgehead atoms. The van der Waals surface area contributed by atoms with Crippen molar-refractivity contribution >= 4 is 0 Å². The standard InChI is InChI=1S/C25H19N/c1-3-10-21(11-4-1)25(22-12-5-2-6-13-22)23-14-8-7-9-19(23)17-20-18-26-16-15-24(20)25/h1-16,18H,17H2. The van der Waals surface area contributed by atoms with Crippen LogP contribution >= 0.6 is 0 Å². The molecule has 0 atom stereocenters. The van der Waals surface area contributed by atoms with E-state index in [2.05, 4.69) is 96.0 Å². The zero-order valence-corrected chi connectivity index (χ0v) is 14.5. The number of nitrogens with zero attached hydrogens (tertiary/aromatic N) is 1. The number of aromatic nitrogens is 1. The first-order valence-electron chi connectivity index (χ1n) is 9.03. The van der Waals surface area contributed by atoms with Crippen molar-refractivity contribution in [2.24, 2.45) is 0 Å². The summed E-state index contributed by atoms with van der Waals surface area (Å²) in [6.45, 7) is 0. The lowest BCUT2D eigenvalue weighted by Crippen LogP contribution is -2.36. The third-order valence-corrected chi connectivity index (χ3v) is 5.52. The van der Waals surface area contributed by atoms with Gasteiger partial charge in [0.1, 0.15) is 0 Å². The van der Waals surface area contributed by atoms with Crippen molar-refractivity contribution in [2.45, 2.75) is 11.8 Å². The van der Waals surface area contributed by atoms with Gasteiger partial charge in [-0.25, -0.2) is 0 Å². The Morgan fingerprint density at radius 1 is 0.577 bits per heavy atom. The number of hydrogen-bond acceptors (Lipinski definition) is 1. The van der Waals surface area contributed by atoms with E-state index in [9.17, 15) is 0 Å². The van der Waals surface area contributed by atoms with Crippen LogP contribution in [0, 0.1) is 0 Å². The second kappa shape index (κ2) is 5.96. The van der Waals surface area contributed by atoms with E-state index in [0.29, 0.717) is 0 Å². The van der Waals surface area contributed by atoms with Crippen LogP contribution in [0.15, 0.2) is 103 Å². The Balaban J connectivity index is 1.97. The van der Waals surface area contributed by atoms with Gasteiger partial charge in [0, 0.05) is 12.4 Å². The molecule has 124 valence electrons. The molecule has 0 amide bonds. The predicted octanol–water partition coefficient (Wildman–Crippen LogP) is 5.37. The number of rotatable bonds is 2. The van der Waals surface area contributed by atoms with Gasteiger partial charge in [-0.15, -0.1) is 0 Å². The monoisotopic (exact) mass is 333 g/mol. The summed E-state index contributed by atoms with van der Waals surface area (Å²) in [6, 6.07) is 32.8. The SMILES string of the molecule is c1ccc(C2(c3ccccc3)c3ccccc3Cc3cnccc32)cc1. The third kappa shape index (κ3) is 2.07. The van der Waals surface area contributed by atoms with E-state index in [4.69, 9.17) is 0 Å². The van der Waals surface area contributed by atoms with Crippen LogP contribution in [0.5, 0.6) is 0 Å². The molecule has 1 aliphatic carbocycles. The van der Waals surface area contributed by atoms with Gasteiger partial charge < -0.3 is 0 Å². The Labute approximate surface area is 154 Å². The molecular formula is C25H19N. The fourth-order valence-corrected chi connectivity index (χ4v) is 4.49. The molecule has 0 saturated heterocycles. The van der Waals surface area contributed by atoms with Crippen LogP contribution in [0.1, 0.15) is 33.4 Å². The predicted molar refractivity (Wildman–Crippen MR) is 105 cm³/mol. The fraction of sp³-hybridized carbons (Fsp3) is 0.0800. The summed E-state index contributed by atoms with van der Waals surface area (Å²) in [7, 11) is 0. The van der Waals surface area contributed by atoms with Gasteiger partial charge in [0.2, 0.25) is 0 Å². The van der Waals surface area contributed by atoms with E-state index in [1.807, 2.05) is 12.4 Å². The van der Waals surface area contributed by atoms with Crippen LogP contribution in [-0.2, 0) is 11.8 Å². The van der Waals surface area contributed by atoms with Crippen molar-refractivity contribution < 1.29 is 0 Å². The molecule has 0 unspecified atom stereocenters. The number of fused-ring (bicyclic) bond motifs is 2. The van der Waals surface area contributed by atoms with E-state index < -0.39 is 0 Å². The molecule has 5 rings (SSSR count). The summed E-state index contributed by atoms with van der Waals surface area (Å²) in [5, 5.41) is 0.